The zero-order chi connectivity index (χ0) is 8.97. The summed E-state index contributed by atoms with van der Waals surface area (Å²) in [6.45, 7) is 3.74. The van der Waals surface area contributed by atoms with Crippen LogP contribution in [-0.2, 0) is 0 Å². The molecule has 1 aromatic heterocycles. The first kappa shape index (κ1) is 9.29. The smallest absolute Gasteiger partial charge is 0.120 e. The van der Waals surface area contributed by atoms with Crippen LogP contribution in [0.5, 0.6) is 0 Å². The SMILES string of the molecule is CCC(NC(C)O)c1ccco1. The molecule has 2 N–H and O–H groups in total. The average molecular weight is 169 g/mol. The van der Waals surface area contributed by atoms with E-state index in [0.717, 1.165) is 12.2 Å². The predicted octanol–water partition coefficient (Wildman–Crippen LogP) is 1.66. The van der Waals surface area contributed by atoms with Gasteiger partial charge in [-0.05, 0) is 25.5 Å². The molecule has 0 bridgehead atoms. The average Bonchev–Trinajstić information content (AvgIpc) is 2.51. The van der Waals surface area contributed by atoms with Crippen molar-refractivity contribution in [3.05, 3.63) is 24.2 Å². The van der Waals surface area contributed by atoms with Crippen molar-refractivity contribution < 1.29 is 9.52 Å². The number of hydrogen-bond acceptors (Lipinski definition) is 3. The standard InChI is InChI=1S/C9H15NO2/c1-3-8(10-7(2)11)9-5-4-6-12-9/h4-8,10-11H,3H2,1-2H3. The lowest BCUT2D eigenvalue weighted by molar-refractivity contribution is 0.134. The van der Waals surface area contributed by atoms with Gasteiger partial charge in [0.2, 0.25) is 0 Å². The summed E-state index contributed by atoms with van der Waals surface area (Å²) in [5, 5.41) is 12.1. The topological polar surface area (TPSA) is 45.4 Å². The first-order chi connectivity index (χ1) is 5.74. The van der Waals surface area contributed by atoms with Gasteiger partial charge in [-0.2, -0.15) is 0 Å². The molecule has 0 aliphatic carbocycles. The van der Waals surface area contributed by atoms with Crippen LogP contribution < -0.4 is 5.32 Å². The Morgan fingerprint density at radius 1 is 1.67 bits per heavy atom. The molecule has 3 heteroatoms. The molecule has 0 saturated carbocycles. The molecule has 2 atom stereocenters. The van der Waals surface area contributed by atoms with Crippen LogP contribution in [0.4, 0.5) is 0 Å². The number of nitrogens with one attached hydrogen (secondary N) is 1. The molecule has 1 heterocycles. The van der Waals surface area contributed by atoms with Crippen molar-refractivity contribution in [3.8, 4) is 0 Å². The van der Waals surface area contributed by atoms with E-state index in [1.807, 2.05) is 19.1 Å². The third kappa shape index (κ3) is 2.36. The van der Waals surface area contributed by atoms with Gasteiger partial charge < -0.3 is 9.52 Å². The Bertz CT molecular complexity index is 206. The van der Waals surface area contributed by atoms with E-state index in [-0.39, 0.29) is 6.04 Å². The summed E-state index contributed by atoms with van der Waals surface area (Å²) >= 11 is 0. The minimum atomic E-state index is -0.500. The molecule has 0 aliphatic heterocycles. The van der Waals surface area contributed by atoms with Crippen molar-refractivity contribution in [1.29, 1.82) is 0 Å². The van der Waals surface area contributed by atoms with Crippen molar-refractivity contribution in [2.45, 2.75) is 32.5 Å². The van der Waals surface area contributed by atoms with E-state index < -0.39 is 6.23 Å². The highest BCUT2D eigenvalue weighted by molar-refractivity contribution is 5.03. The van der Waals surface area contributed by atoms with E-state index >= 15 is 0 Å². The number of rotatable bonds is 4. The fraction of sp³-hybridized carbons (Fsp3) is 0.556. The molecule has 0 aliphatic rings. The molecular weight excluding hydrogens is 154 g/mol. The lowest BCUT2D eigenvalue weighted by atomic mass is 10.2. The Labute approximate surface area is 72.4 Å². The van der Waals surface area contributed by atoms with Crippen molar-refractivity contribution >= 4 is 0 Å². The Hall–Kier alpha value is -0.800. The molecule has 0 radical (unpaired) electrons. The second-order valence-electron chi connectivity index (χ2n) is 2.82. The molecule has 1 aromatic rings. The van der Waals surface area contributed by atoms with Gasteiger partial charge in [-0.1, -0.05) is 6.92 Å². The lowest BCUT2D eigenvalue weighted by Crippen LogP contribution is -2.29. The second kappa shape index (κ2) is 4.28. The molecule has 12 heavy (non-hydrogen) atoms. The van der Waals surface area contributed by atoms with Gasteiger partial charge in [0.25, 0.3) is 0 Å². The van der Waals surface area contributed by atoms with Gasteiger partial charge in [0.05, 0.1) is 12.3 Å². The van der Waals surface area contributed by atoms with Gasteiger partial charge in [-0.3, -0.25) is 5.32 Å². The van der Waals surface area contributed by atoms with Crippen LogP contribution in [0.15, 0.2) is 22.8 Å². The van der Waals surface area contributed by atoms with Crippen molar-refractivity contribution in [2.75, 3.05) is 0 Å². The molecule has 0 aromatic carbocycles. The summed E-state index contributed by atoms with van der Waals surface area (Å²) in [7, 11) is 0. The van der Waals surface area contributed by atoms with Gasteiger partial charge in [-0.15, -0.1) is 0 Å². The molecule has 0 spiro atoms. The molecule has 0 amide bonds. The molecule has 0 fully saturated rings. The van der Waals surface area contributed by atoms with Crippen LogP contribution in [-0.4, -0.2) is 11.3 Å². The van der Waals surface area contributed by atoms with E-state index in [1.54, 1.807) is 13.2 Å². The summed E-state index contributed by atoms with van der Waals surface area (Å²) in [6.07, 6.45) is 2.04. The van der Waals surface area contributed by atoms with Crippen molar-refractivity contribution in [1.82, 2.24) is 5.32 Å². The maximum Gasteiger partial charge on any atom is 0.120 e. The quantitative estimate of drug-likeness (QED) is 0.674. The monoisotopic (exact) mass is 169 g/mol. The van der Waals surface area contributed by atoms with Crippen LogP contribution >= 0.6 is 0 Å². The number of aliphatic hydroxyl groups is 1. The summed E-state index contributed by atoms with van der Waals surface area (Å²) in [6, 6.07) is 3.87. The summed E-state index contributed by atoms with van der Waals surface area (Å²) in [5.74, 6) is 0.874. The highest BCUT2D eigenvalue weighted by atomic mass is 16.3. The molecule has 68 valence electrons. The van der Waals surface area contributed by atoms with E-state index in [9.17, 15) is 0 Å². The predicted molar refractivity (Wildman–Crippen MR) is 46.6 cm³/mol. The van der Waals surface area contributed by atoms with E-state index in [2.05, 4.69) is 5.32 Å². The fourth-order valence-electron chi connectivity index (χ4n) is 1.18. The van der Waals surface area contributed by atoms with Crippen molar-refractivity contribution in [2.24, 2.45) is 0 Å². The molecular formula is C9H15NO2. The Morgan fingerprint density at radius 3 is 2.83 bits per heavy atom. The summed E-state index contributed by atoms with van der Waals surface area (Å²) in [4.78, 5) is 0. The molecule has 1 rings (SSSR count). The number of hydrogen-bond donors (Lipinski definition) is 2. The third-order valence-electron chi connectivity index (χ3n) is 1.74. The maximum absolute atomic E-state index is 9.10. The van der Waals surface area contributed by atoms with E-state index in [4.69, 9.17) is 9.52 Å². The van der Waals surface area contributed by atoms with Gasteiger partial charge in [0.1, 0.15) is 12.0 Å². The summed E-state index contributed by atoms with van der Waals surface area (Å²) in [5.41, 5.74) is 0. The third-order valence-corrected chi connectivity index (χ3v) is 1.74. The van der Waals surface area contributed by atoms with E-state index in [0.29, 0.717) is 0 Å². The van der Waals surface area contributed by atoms with E-state index in [1.165, 1.54) is 0 Å². The normalized spacial score (nSPS) is 15.9. The highest BCUT2D eigenvalue weighted by Gasteiger charge is 2.12. The van der Waals surface area contributed by atoms with Gasteiger partial charge in [0.15, 0.2) is 0 Å². The lowest BCUT2D eigenvalue weighted by Gasteiger charge is -2.16. The van der Waals surface area contributed by atoms with Crippen LogP contribution in [0, 0.1) is 0 Å². The minimum absolute atomic E-state index is 0.111. The van der Waals surface area contributed by atoms with Crippen LogP contribution in [0.3, 0.4) is 0 Å². The van der Waals surface area contributed by atoms with Crippen LogP contribution in [0.1, 0.15) is 32.1 Å². The largest absolute Gasteiger partial charge is 0.468 e. The zero-order valence-corrected chi connectivity index (χ0v) is 7.45. The molecule has 3 nitrogen and oxygen atoms in total. The number of furan rings is 1. The maximum atomic E-state index is 9.10. The van der Waals surface area contributed by atoms with Gasteiger partial charge >= 0.3 is 0 Å². The van der Waals surface area contributed by atoms with Crippen LogP contribution in [0.25, 0.3) is 0 Å². The number of aliphatic hydroxyl groups excluding tert-OH is 1. The second-order valence-corrected chi connectivity index (χ2v) is 2.82. The fourth-order valence-corrected chi connectivity index (χ4v) is 1.18. The molecule has 0 saturated heterocycles. The Kier molecular flexibility index (Phi) is 3.31. The first-order valence-corrected chi connectivity index (χ1v) is 4.21. The highest BCUT2D eigenvalue weighted by Crippen LogP contribution is 2.16. The zero-order valence-electron chi connectivity index (χ0n) is 7.45. The molecule has 2 unspecified atom stereocenters. The first-order valence-electron chi connectivity index (χ1n) is 4.21. The van der Waals surface area contributed by atoms with Gasteiger partial charge in [-0.25, -0.2) is 0 Å². The van der Waals surface area contributed by atoms with Gasteiger partial charge in [0, 0.05) is 0 Å². The van der Waals surface area contributed by atoms with Crippen LogP contribution in [0.2, 0.25) is 0 Å². The minimum Gasteiger partial charge on any atom is -0.468 e. The Balaban J connectivity index is 2.57. The summed E-state index contributed by atoms with van der Waals surface area (Å²) < 4.78 is 5.21. The van der Waals surface area contributed by atoms with Crippen molar-refractivity contribution in [3.63, 3.8) is 0 Å². The Morgan fingerprint density at radius 2 is 2.42 bits per heavy atom.